The number of unbranched alkanes of at least 4 members (excludes halogenated alkanes) is 1. The van der Waals surface area contributed by atoms with Crippen LogP contribution in [0.25, 0.3) is 6.08 Å². The van der Waals surface area contributed by atoms with Crippen molar-refractivity contribution in [1.82, 2.24) is 0 Å². The summed E-state index contributed by atoms with van der Waals surface area (Å²) in [6.45, 7) is 0.175. The van der Waals surface area contributed by atoms with Gasteiger partial charge in [0.15, 0.2) is 0 Å². The third-order valence-corrected chi connectivity index (χ3v) is 1.96. The van der Waals surface area contributed by atoms with Crippen LogP contribution < -0.4 is 0 Å². The fourth-order valence-electron chi connectivity index (χ4n) is 1.05. The van der Waals surface area contributed by atoms with Gasteiger partial charge in [-0.3, -0.25) is 0 Å². The van der Waals surface area contributed by atoms with Crippen molar-refractivity contribution in [3.63, 3.8) is 0 Å². The highest BCUT2D eigenvalue weighted by Crippen LogP contribution is 2.08. The van der Waals surface area contributed by atoms with E-state index in [9.17, 15) is 0 Å². The lowest BCUT2D eigenvalue weighted by Crippen LogP contribution is -1.78. The van der Waals surface area contributed by atoms with Crippen molar-refractivity contribution in [2.24, 2.45) is 0 Å². The number of hydrogen-bond acceptors (Lipinski definition) is 1. The van der Waals surface area contributed by atoms with Crippen LogP contribution in [-0.4, -0.2) is 11.7 Å². The van der Waals surface area contributed by atoms with Gasteiger partial charge >= 0.3 is 0 Å². The Balaban J connectivity index is 2.55. The Labute approximate surface area is 95.4 Å². The van der Waals surface area contributed by atoms with E-state index in [2.05, 4.69) is 11.8 Å². The van der Waals surface area contributed by atoms with Gasteiger partial charge in [0, 0.05) is 13.0 Å². The first-order valence-electron chi connectivity index (χ1n) is 4.85. The molecule has 78 valence electrons. The molecular weight excluding hydrogens is 208 g/mol. The predicted octanol–water partition coefficient (Wildman–Crippen LogP) is 3.04. The SMILES string of the molecule is OCCCC#CC(Cl)=Cc1ccccc1. The Hall–Kier alpha value is -1.23. The highest BCUT2D eigenvalue weighted by atomic mass is 35.5. The van der Waals surface area contributed by atoms with Crippen LogP contribution in [0.15, 0.2) is 35.4 Å². The molecule has 0 saturated heterocycles. The maximum atomic E-state index is 8.55. The molecule has 1 aromatic rings. The van der Waals surface area contributed by atoms with Crippen LogP contribution in [-0.2, 0) is 0 Å². The molecule has 0 heterocycles. The van der Waals surface area contributed by atoms with E-state index in [4.69, 9.17) is 16.7 Å². The lowest BCUT2D eigenvalue weighted by atomic mass is 10.2. The second-order valence-corrected chi connectivity index (χ2v) is 3.44. The molecule has 1 N–H and O–H groups in total. The zero-order valence-electron chi connectivity index (χ0n) is 8.41. The van der Waals surface area contributed by atoms with Gasteiger partial charge in [-0.1, -0.05) is 53.8 Å². The van der Waals surface area contributed by atoms with Gasteiger partial charge in [0.25, 0.3) is 0 Å². The summed E-state index contributed by atoms with van der Waals surface area (Å²) in [5.41, 5.74) is 1.04. The smallest absolute Gasteiger partial charge is 0.0909 e. The number of benzene rings is 1. The maximum absolute atomic E-state index is 8.55. The molecule has 1 rings (SSSR count). The highest BCUT2D eigenvalue weighted by Gasteiger charge is 1.87. The van der Waals surface area contributed by atoms with Crippen LogP contribution in [0, 0.1) is 11.8 Å². The molecule has 0 aliphatic rings. The Morgan fingerprint density at radius 1 is 1.33 bits per heavy atom. The van der Waals surface area contributed by atoms with Crippen LogP contribution in [0.3, 0.4) is 0 Å². The van der Waals surface area contributed by atoms with E-state index >= 15 is 0 Å². The summed E-state index contributed by atoms with van der Waals surface area (Å²) in [6, 6.07) is 9.80. The third-order valence-electron chi connectivity index (χ3n) is 1.76. The Kier molecular flexibility index (Phi) is 5.62. The monoisotopic (exact) mass is 220 g/mol. The molecule has 1 nitrogen and oxygen atoms in total. The Morgan fingerprint density at radius 2 is 2.07 bits per heavy atom. The minimum absolute atomic E-state index is 0.175. The summed E-state index contributed by atoms with van der Waals surface area (Å²) in [4.78, 5) is 0. The number of rotatable bonds is 3. The van der Waals surface area contributed by atoms with Crippen molar-refractivity contribution in [3.05, 3.63) is 40.9 Å². The first-order valence-corrected chi connectivity index (χ1v) is 5.22. The molecule has 0 spiro atoms. The zero-order valence-corrected chi connectivity index (χ0v) is 9.17. The Bertz CT molecular complexity index is 371. The lowest BCUT2D eigenvalue weighted by Gasteiger charge is -1.90. The molecule has 0 aromatic heterocycles. The summed E-state index contributed by atoms with van der Waals surface area (Å²) in [5, 5.41) is 9.08. The molecule has 1 aromatic carbocycles. The fraction of sp³-hybridized carbons (Fsp3) is 0.231. The van der Waals surface area contributed by atoms with Crippen molar-refractivity contribution in [2.45, 2.75) is 12.8 Å². The molecule has 0 amide bonds. The van der Waals surface area contributed by atoms with E-state index in [1.54, 1.807) is 0 Å². The van der Waals surface area contributed by atoms with Gasteiger partial charge < -0.3 is 5.11 Å². The van der Waals surface area contributed by atoms with Gasteiger partial charge in [0.2, 0.25) is 0 Å². The Morgan fingerprint density at radius 3 is 2.73 bits per heavy atom. The molecule has 0 atom stereocenters. The van der Waals surface area contributed by atoms with Crippen molar-refractivity contribution in [3.8, 4) is 11.8 Å². The van der Waals surface area contributed by atoms with Crippen molar-refractivity contribution < 1.29 is 5.11 Å². The molecule has 15 heavy (non-hydrogen) atoms. The first kappa shape index (κ1) is 11.8. The van der Waals surface area contributed by atoms with Gasteiger partial charge in [-0.2, -0.15) is 0 Å². The van der Waals surface area contributed by atoms with E-state index in [-0.39, 0.29) is 6.61 Å². The van der Waals surface area contributed by atoms with Gasteiger partial charge in [-0.05, 0) is 18.1 Å². The van der Waals surface area contributed by atoms with Gasteiger partial charge in [-0.25, -0.2) is 0 Å². The van der Waals surface area contributed by atoms with Crippen LogP contribution >= 0.6 is 11.6 Å². The summed E-state index contributed by atoms with van der Waals surface area (Å²) in [7, 11) is 0. The van der Waals surface area contributed by atoms with E-state index < -0.39 is 0 Å². The molecule has 0 saturated carbocycles. The largest absolute Gasteiger partial charge is 0.396 e. The van der Waals surface area contributed by atoms with Crippen molar-refractivity contribution >= 4 is 17.7 Å². The van der Waals surface area contributed by atoms with E-state index in [1.165, 1.54) is 0 Å². The minimum atomic E-state index is 0.175. The second-order valence-electron chi connectivity index (χ2n) is 3.03. The molecule has 0 aliphatic heterocycles. The summed E-state index contributed by atoms with van der Waals surface area (Å²) in [6.07, 6.45) is 3.20. The molecular formula is C13H13ClO. The van der Waals surface area contributed by atoms with E-state index in [1.807, 2.05) is 36.4 Å². The molecule has 0 aliphatic carbocycles. The molecule has 0 fully saturated rings. The van der Waals surface area contributed by atoms with Gasteiger partial charge in [-0.15, -0.1) is 0 Å². The van der Waals surface area contributed by atoms with E-state index in [0.29, 0.717) is 17.9 Å². The second kappa shape index (κ2) is 7.11. The third kappa shape index (κ3) is 5.27. The van der Waals surface area contributed by atoms with Crippen LogP contribution in [0.2, 0.25) is 0 Å². The first-order chi connectivity index (χ1) is 7.33. The van der Waals surface area contributed by atoms with Crippen molar-refractivity contribution in [1.29, 1.82) is 0 Å². The summed E-state index contributed by atoms with van der Waals surface area (Å²) >= 11 is 5.92. The summed E-state index contributed by atoms with van der Waals surface area (Å²) < 4.78 is 0. The standard InChI is InChI=1S/C13H13ClO/c14-13(9-5-2-6-10-15)11-12-7-3-1-4-8-12/h1,3-4,7-8,11,15H,2,6,10H2. The zero-order chi connectivity index (χ0) is 10.9. The number of aliphatic hydroxyl groups is 1. The molecule has 2 heteroatoms. The molecule has 0 radical (unpaired) electrons. The topological polar surface area (TPSA) is 20.2 Å². The summed E-state index contributed by atoms with van der Waals surface area (Å²) in [5.74, 6) is 5.73. The number of hydrogen-bond donors (Lipinski definition) is 1. The van der Waals surface area contributed by atoms with Gasteiger partial charge in [0.1, 0.15) is 0 Å². The van der Waals surface area contributed by atoms with Crippen LogP contribution in [0.1, 0.15) is 18.4 Å². The average molecular weight is 221 g/mol. The number of halogens is 1. The average Bonchev–Trinajstić information content (AvgIpc) is 2.26. The van der Waals surface area contributed by atoms with E-state index in [0.717, 1.165) is 5.56 Å². The van der Waals surface area contributed by atoms with Crippen molar-refractivity contribution in [2.75, 3.05) is 6.61 Å². The normalized spacial score (nSPS) is 10.7. The highest BCUT2D eigenvalue weighted by molar-refractivity contribution is 6.34. The minimum Gasteiger partial charge on any atom is -0.396 e. The molecule has 0 unspecified atom stereocenters. The predicted molar refractivity (Wildman–Crippen MR) is 64.4 cm³/mol. The quantitative estimate of drug-likeness (QED) is 0.613. The number of aliphatic hydroxyl groups excluding tert-OH is 1. The van der Waals surface area contributed by atoms with Crippen LogP contribution in [0.5, 0.6) is 0 Å². The lowest BCUT2D eigenvalue weighted by molar-refractivity contribution is 0.290. The number of allylic oxidation sites excluding steroid dienone is 1. The fourth-order valence-corrected chi connectivity index (χ4v) is 1.24. The molecule has 0 bridgehead atoms. The van der Waals surface area contributed by atoms with Crippen LogP contribution in [0.4, 0.5) is 0 Å². The van der Waals surface area contributed by atoms with Gasteiger partial charge in [0.05, 0.1) is 5.03 Å². The maximum Gasteiger partial charge on any atom is 0.0909 e.